The average molecular weight is 489 g/mol. The molecule has 6 rings (SSSR count). The summed E-state index contributed by atoms with van der Waals surface area (Å²) in [6.45, 7) is 6.42. The van der Waals surface area contributed by atoms with Gasteiger partial charge < -0.3 is 14.0 Å². The molecular formula is C30H36N2O4. The van der Waals surface area contributed by atoms with Crippen LogP contribution in [0.3, 0.4) is 0 Å². The minimum atomic E-state index is -0.160. The van der Waals surface area contributed by atoms with E-state index >= 15 is 0 Å². The topological polar surface area (TPSA) is 74.5 Å². The lowest BCUT2D eigenvalue weighted by atomic mass is 9.47. The van der Waals surface area contributed by atoms with Gasteiger partial charge in [-0.3, -0.25) is 4.79 Å². The Balaban J connectivity index is 1.23. The number of methoxy groups -OCH3 is 1. The summed E-state index contributed by atoms with van der Waals surface area (Å²) < 4.78 is 16.7. The van der Waals surface area contributed by atoms with Gasteiger partial charge in [-0.05, 0) is 86.0 Å². The van der Waals surface area contributed by atoms with E-state index in [1.807, 2.05) is 24.3 Å². The number of ether oxygens (including phenoxy) is 2. The third-order valence-electron chi connectivity index (χ3n) is 9.98. The van der Waals surface area contributed by atoms with E-state index in [0.717, 1.165) is 49.8 Å². The molecule has 0 bridgehead atoms. The highest BCUT2D eigenvalue weighted by Gasteiger charge is 2.57. The van der Waals surface area contributed by atoms with Crippen molar-refractivity contribution >= 4 is 11.5 Å². The molecule has 6 heteroatoms. The Morgan fingerprint density at radius 1 is 1.03 bits per heavy atom. The standard InChI is InChI=1S/C30H36N2O4/c1-18(33)35-22-13-15-29(2)20(17-22)7-10-23-24-11-12-26(30(24,3)16-14-25(23)29)28-31-27(32-36-28)19-5-8-21(34-4)9-6-19/h5-9,12,22-25H,10-11,13-17H2,1-4H3/t22-,23-,24-,25-,29-,30-/m0/s1. The highest BCUT2D eigenvalue weighted by atomic mass is 16.5. The zero-order valence-corrected chi connectivity index (χ0v) is 21.8. The van der Waals surface area contributed by atoms with Crippen LogP contribution in [0.5, 0.6) is 5.75 Å². The van der Waals surface area contributed by atoms with Crippen molar-refractivity contribution in [1.29, 1.82) is 0 Å². The van der Waals surface area contributed by atoms with E-state index in [2.05, 4.69) is 31.2 Å². The Bertz CT molecular complexity index is 1230. The second kappa shape index (κ2) is 8.60. The van der Waals surface area contributed by atoms with E-state index in [4.69, 9.17) is 19.0 Å². The van der Waals surface area contributed by atoms with Crippen LogP contribution in [0, 0.1) is 28.6 Å². The molecule has 2 saturated carbocycles. The Kier molecular flexibility index (Phi) is 5.62. The van der Waals surface area contributed by atoms with Gasteiger partial charge in [-0.15, -0.1) is 0 Å². The number of hydrogen-bond acceptors (Lipinski definition) is 6. The average Bonchev–Trinajstić information content (AvgIpc) is 3.48. The Labute approximate surface area is 213 Å². The third kappa shape index (κ3) is 3.63. The van der Waals surface area contributed by atoms with Crippen LogP contribution < -0.4 is 4.74 Å². The number of fused-ring (bicyclic) bond motifs is 5. The van der Waals surface area contributed by atoms with Gasteiger partial charge in [0.15, 0.2) is 0 Å². The first kappa shape index (κ1) is 23.5. The fourth-order valence-corrected chi connectivity index (χ4v) is 8.05. The number of benzene rings is 1. The predicted octanol–water partition coefficient (Wildman–Crippen LogP) is 6.63. The van der Waals surface area contributed by atoms with Crippen molar-refractivity contribution in [1.82, 2.24) is 10.1 Å². The summed E-state index contributed by atoms with van der Waals surface area (Å²) in [7, 11) is 1.66. The van der Waals surface area contributed by atoms with E-state index in [1.165, 1.54) is 24.5 Å². The smallest absolute Gasteiger partial charge is 0.302 e. The van der Waals surface area contributed by atoms with Crippen LogP contribution in [0.1, 0.15) is 71.6 Å². The van der Waals surface area contributed by atoms with Crippen molar-refractivity contribution in [2.45, 2.75) is 71.8 Å². The van der Waals surface area contributed by atoms with Gasteiger partial charge in [-0.1, -0.05) is 36.7 Å². The van der Waals surface area contributed by atoms with Gasteiger partial charge in [0, 0.05) is 29.9 Å². The number of allylic oxidation sites excluding steroid dienone is 3. The van der Waals surface area contributed by atoms with Gasteiger partial charge in [-0.25, -0.2) is 0 Å². The van der Waals surface area contributed by atoms with E-state index in [0.29, 0.717) is 29.5 Å². The molecule has 0 spiro atoms. The van der Waals surface area contributed by atoms with Gasteiger partial charge in [0.2, 0.25) is 5.82 Å². The summed E-state index contributed by atoms with van der Waals surface area (Å²) >= 11 is 0. The molecule has 0 amide bonds. The molecule has 190 valence electrons. The van der Waals surface area contributed by atoms with Crippen LogP contribution in [0.4, 0.5) is 0 Å². The highest BCUT2D eigenvalue weighted by Crippen LogP contribution is 2.66. The van der Waals surface area contributed by atoms with E-state index in [1.54, 1.807) is 7.11 Å². The maximum absolute atomic E-state index is 11.5. The van der Waals surface area contributed by atoms with Crippen molar-refractivity contribution < 1.29 is 18.8 Å². The first-order chi connectivity index (χ1) is 17.3. The molecule has 4 aliphatic rings. The summed E-state index contributed by atoms with van der Waals surface area (Å²) in [6, 6.07) is 7.78. The quantitative estimate of drug-likeness (QED) is 0.355. The summed E-state index contributed by atoms with van der Waals surface area (Å²) in [5.41, 5.74) is 3.96. The third-order valence-corrected chi connectivity index (χ3v) is 9.98. The number of carbonyl (C=O) groups is 1. The fraction of sp³-hybridized carbons (Fsp3) is 0.567. The molecule has 1 heterocycles. The number of hydrogen-bond donors (Lipinski definition) is 0. The monoisotopic (exact) mass is 488 g/mol. The Morgan fingerprint density at radius 3 is 2.56 bits per heavy atom. The molecule has 36 heavy (non-hydrogen) atoms. The van der Waals surface area contributed by atoms with Crippen molar-refractivity contribution in [3.05, 3.63) is 47.9 Å². The maximum atomic E-state index is 11.5. The maximum Gasteiger partial charge on any atom is 0.302 e. The minimum Gasteiger partial charge on any atom is -0.497 e. The van der Waals surface area contributed by atoms with Crippen LogP contribution in [-0.4, -0.2) is 29.3 Å². The zero-order valence-electron chi connectivity index (χ0n) is 21.8. The molecule has 6 nitrogen and oxygen atoms in total. The molecular weight excluding hydrogens is 452 g/mol. The second-order valence-corrected chi connectivity index (χ2v) is 11.7. The largest absolute Gasteiger partial charge is 0.497 e. The van der Waals surface area contributed by atoms with Crippen molar-refractivity contribution in [3.8, 4) is 17.1 Å². The predicted molar refractivity (Wildman–Crippen MR) is 137 cm³/mol. The molecule has 6 atom stereocenters. The number of carbonyl (C=O) groups excluding carboxylic acids is 1. The molecule has 1 aromatic heterocycles. The van der Waals surface area contributed by atoms with Crippen molar-refractivity contribution in [3.63, 3.8) is 0 Å². The summed E-state index contributed by atoms with van der Waals surface area (Å²) in [5, 5.41) is 4.32. The molecule has 2 fully saturated rings. The van der Waals surface area contributed by atoms with Gasteiger partial charge in [0.1, 0.15) is 11.9 Å². The van der Waals surface area contributed by atoms with Crippen LogP contribution in [0.2, 0.25) is 0 Å². The molecule has 0 aliphatic heterocycles. The summed E-state index contributed by atoms with van der Waals surface area (Å²) in [5.74, 6) is 3.86. The van der Waals surface area contributed by atoms with Gasteiger partial charge in [0.05, 0.1) is 7.11 Å². The normalized spacial score (nSPS) is 35.1. The van der Waals surface area contributed by atoms with E-state index in [-0.39, 0.29) is 22.9 Å². The summed E-state index contributed by atoms with van der Waals surface area (Å²) in [6.07, 6.45) is 12.4. The minimum absolute atomic E-state index is 0.0457. The SMILES string of the molecule is COc1ccc(-c2noc(C3=CC[C@H]4[C@@H]5CC=C6C[C@@H](OC(C)=O)CC[C@]6(C)[C@H]5CC[C@]34C)n2)cc1. The molecule has 0 unspecified atom stereocenters. The number of esters is 1. The zero-order chi connectivity index (χ0) is 25.1. The summed E-state index contributed by atoms with van der Waals surface area (Å²) in [4.78, 5) is 16.4. The molecule has 4 aliphatic carbocycles. The number of aromatic nitrogens is 2. The lowest BCUT2D eigenvalue weighted by molar-refractivity contribution is -0.148. The Morgan fingerprint density at radius 2 is 1.81 bits per heavy atom. The van der Waals surface area contributed by atoms with Crippen LogP contribution in [0.15, 0.2) is 46.5 Å². The fourth-order valence-electron chi connectivity index (χ4n) is 8.05. The van der Waals surface area contributed by atoms with Crippen LogP contribution in [-0.2, 0) is 9.53 Å². The highest BCUT2D eigenvalue weighted by molar-refractivity contribution is 5.69. The van der Waals surface area contributed by atoms with E-state index < -0.39 is 0 Å². The number of rotatable bonds is 4. The molecule has 2 aromatic rings. The first-order valence-corrected chi connectivity index (χ1v) is 13.4. The van der Waals surface area contributed by atoms with Crippen LogP contribution in [0.25, 0.3) is 17.0 Å². The lowest BCUT2D eigenvalue weighted by Crippen LogP contribution is -2.50. The van der Waals surface area contributed by atoms with Crippen LogP contribution >= 0.6 is 0 Å². The number of nitrogens with zero attached hydrogens (tertiary/aromatic N) is 2. The van der Waals surface area contributed by atoms with E-state index in [9.17, 15) is 4.79 Å². The lowest BCUT2D eigenvalue weighted by Gasteiger charge is -2.57. The van der Waals surface area contributed by atoms with Crippen molar-refractivity contribution in [2.24, 2.45) is 28.6 Å². The molecule has 0 N–H and O–H groups in total. The molecule has 0 radical (unpaired) electrons. The van der Waals surface area contributed by atoms with Gasteiger partial charge in [0.25, 0.3) is 5.89 Å². The van der Waals surface area contributed by atoms with Gasteiger partial charge in [-0.2, -0.15) is 4.98 Å². The molecule has 0 saturated heterocycles. The Hall–Kier alpha value is -2.89. The van der Waals surface area contributed by atoms with Crippen molar-refractivity contribution in [2.75, 3.05) is 7.11 Å². The van der Waals surface area contributed by atoms with Gasteiger partial charge >= 0.3 is 5.97 Å². The first-order valence-electron chi connectivity index (χ1n) is 13.4. The molecule has 1 aromatic carbocycles. The second-order valence-electron chi connectivity index (χ2n) is 11.7.